The molecule has 1 aliphatic carbocycles. The molecule has 0 amide bonds. The fourth-order valence-corrected chi connectivity index (χ4v) is 4.05. The average Bonchev–Trinajstić information content (AvgIpc) is 2.98. The highest BCUT2D eigenvalue weighted by Gasteiger charge is 2.39. The van der Waals surface area contributed by atoms with E-state index in [2.05, 4.69) is 23.8 Å². The van der Waals surface area contributed by atoms with Crippen molar-refractivity contribution < 1.29 is 19.4 Å². The summed E-state index contributed by atoms with van der Waals surface area (Å²) in [6.07, 6.45) is 14.0. The number of carbonyl (C=O) groups is 2. The number of ketones is 1. The molecule has 0 heterocycles. The third kappa shape index (κ3) is 8.56. The average molecular weight is 382 g/mol. The second kappa shape index (κ2) is 13.9. The number of hydrogen-bond donors (Lipinski definition) is 2. The molecule has 0 aliphatic heterocycles. The van der Waals surface area contributed by atoms with Gasteiger partial charge in [-0.2, -0.15) is 0 Å². The van der Waals surface area contributed by atoms with Gasteiger partial charge in [-0.05, 0) is 44.1 Å². The molecule has 1 rings (SSSR count). The minimum absolute atomic E-state index is 0.0796. The lowest BCUT2D eigenvalue weighted by atomic mass is 9.85. The molecule has 0 saturated heterocycles. The molecule has 1 fully saturated rings. The number of esters is 1. The highest BCUT2D eigenvalue weighted by molar-refractivity contribution is 5.84. The Morgan fingerprint density at radius 1 is 1.26 bits per heavy atom. The molecule has 1 unspecified atom stereocenters. The van der Waals surface area contributed by atoms with E-state index in [9.17, 15) is 14.7 Å². The molecular formula is C22H39NO4. The van der Waals surface area contributed by atoms with E-state index in [0.717, 1.165) is 32.1 Å². The molecule has 5 nitrogen and oxygen atoms in total. The van der Waals surface area contributed by atoms with Crippen molar-refractivity contribution in [3.8, 4) is 0 Å². The van der Waals surface area contributed by atoms with Gasteiger partial charge >= 0.3 is 5.97 Å². The van der Waals surface area contributed by atoms with Gasteiger partial charge in [-0.3, -0.25) is 4.79 Å². The lowest BCUT2D eigenvalue weighted by Crippen LogP contribution is -2.22. The zero-order valence-corrected chi connectivity index (χ0v) is 17.2. The minimum Gasteiger partial charge on any atom is -0.467 e. The van der Waals surface area contributed by atoms with E-state index >= 15 is 0 Å². The molecule has 0 aromatic heterocycles. The van der Waals surface area contributed by atoms with Crippen molar-refractivity contribution >= 4 is 11.8 Å². The molecule has 5 heteroatoms. The van der Waals surface area contributed by atoms with E-state index in [1.54, 1.807) is 0 Å². The summed E-state index contributed by atoms with van der Waals surface area (Å²) in [5, 5.41) is 9.60. The second-order valence-corrected chi connectivity index (χ2v) is 7.80. The van der Waals surface area contributed by atoms with Gasteiger partial charge < -0.3 is 15.6 Å². The van der Waals surface area contributed by atoms with Crippen LogP contribution in [0.15, 0.2) is 12.2 Å². The van der Waals surface area contributed by atoms with Crippen LogP contribution in [0.2, 0.25) is 0 Å². The van der Waals surface area contributed by atoms with Crippen molar-refractivity contribution in [3.05, 3.63) is 12.2 Å². The fourth-order valence-electron chi connectivity index (χ4n) is 4.05. The van der Waals surface area contributed by atoms with Crippen LogP contribution in [0.5, 0.6) is 0 Å². The zero-order valence-electron chi connectivity index (χ0n) is 17.2. The summed E-state index contributed by atoms with van der Waals surface area (Å²) in [5.74, 6) is 0.400. The Morgan fingerprint density at radius 3 is 2.67 bits per heavy atom. The molecule has 0 radical (unpaired) electrons. The van der Waals surface area contributed by atoms with Crippen LogP contribution in [0.25, 0.3) is 0 Å². The Bertz CT molecular complexity index is 463. The number of methoxy groups -OCH3 is 1. The van der Waals surface area contributed by atoms with Crippen molar-refractivity contribution in [2.75, 3.05) is 13.7 Å². The van der Waals surface area contributed by atoms with Crippen molar-refractivity contribution in [1.29, 1.82) is 0 Å². The maximum absolute atomic E-state index is 12.4. The first-order valence-electron chi connectivity index (χ1n) is 10.7. The second-order valence-electron chi connectivity index (χ2n) is 7.80. The topological polar surface area (TPSA) is 89.6 Å². The quantitative estimate of drug-likeness (QED) is 0.271. The summed E-state index contributed by atoms with van der Waals surface area (Å²) in [4.78, 5) is 23.6. The maximum Gasteiger partial charge on any atom is 0.334 e. The molecule has 0 aromatic carbocycles. The Balaban J connectivity index is 2.39. The number of Topliss-reactive ketones (excluding diaryl/α,β-unsaturated/α-hetero) is 1. The van der Waals surface area contributed by atoms with Crippen LogP contribution in [0.3, 0.4) is 0 Å². The van der Waals surface area contributed by atoms with E-state index in [1.165, 1.54) is 32.8 Å². The maximum atomic E-state index is 12.4. The van der Waals surface area contributed by atoms with Gasteiger partial charge in [0.1, 0.15) is 5.78 Å². The fraction of sp³-hybridized carbons (Fsp3) is 0.818. The molecule has 1 aliphatic rings. The molecule has 1 saturated carbocycles. The van der Waals surface area contributed by atoms with Crippen LogP contribution >= 0.6 is 0 Å². The lowest BCUT2D eigenvalue weighted by molar-refractivity contribution is -0.150. The Morgan fingerprint density at radius 2 is 2.00 bits per heavy atom. The molecule has 3 N–H and O–H groups in total. The molecule has 0 aromatic rings. The van der Waals surface area contributed by atoms with Crippen LogP contribution in [0.1, 0.15) is 77.6 Å². The summed E-state index contributed by atoms with van der Waals surface area (Å²) in [6, 6.07) is 0. The van der Waals surface area contributed by atoms with Crippen molar-refractivity contribution in [2.24, 2.45) is 23.5 Å². The lowest BCUT2D eigenvalue weighted by Gasteiger charge is -2.20. The SMILES string of the molecule is CCCCCCC=C[C@H]1[C@H](CN)CC(=O)[C@@H]1CCCCCC(O)C(=O)OC. The number of allylic oxidation sites excluding steroid dienone is 2. The Hall–Kier alpha value is -1.20. The van der Waals surface area contributed by atoms with Gasteiger partial charge in [-0.1, -0.05) is 57.6 Å². The summed E-state index contributed by atoms with van der Waals surface area (Å²) in [7, 11) is 1.28. The molecular weight excluding hydrogens is 342 g/mol. The highest BCUT2D eigenvalue weighted by Crippen LogP contribution is 2.38. The molecule has 4 atom stereocenters. The monoisotopic (exact) mass is 381 g/mol. The van der Waals surface area contributed by atoms with Gasteiger partial charge in [0.2, 0.25) is 0 Å². The third-order valence-electron chi connectivity index (χ3n) is 5.74. The smallest absolute Gasteiger partial charge is 0.334 e. The summed E-state index contributed by atoms with van der Waals surface area (Å²) in [6.45, 7) is 2.78. The number of hydrogen-bond acceptors (Lipinski definition) is 5. The Labute approximate surface area is 164 Å². The summed E-state index contributed by atoms with van der Waals surface area (Å²) in [5.41, 5.74) is 5.91. The number of aliphatic hydroxyl groups excluding tert-OH is 1. The highest BCUT2D eigenvalue weighted by atomic mass is 16.5. The van der Waals surface area contributed by atoms with Crippen LogP contribution in [-0.2, 0) is 14.3 Å². The number of rotatable bonds is 14. The van der Waals surface area contributed by atoms with Gasteiger partial charge in [-0.25, -0.2) is 4.79 Å². The number of carbonyl (C=O) groups excluding carboxylic acids is 2. The third-order valence-corrected chi connectivity index (χ3v) is 5.74. The van der Waals surface area contributed by atoms with Crippen LogP contribution in [0, 0.1) is 17.8 Å². The van der Waals surface area contributed by atoms with Crippen molar-refractivity contribution in [1.82, 2.24) is 0 Å². The van der Waals surface area contributed by atoms with Gasteiger partial charge in [0.15, 0.2) is 6.10 Å². The number of aliphatic hydroxyl groups is 1. The van der Waals surface area contributed by atoms with Gasteiger partial charge in [0, 0.05) is 12.3 Å². The standard InChI is InChI=1S/C22H39NO4/c1-3-4-5-6-7-9-12-18-17(16-23)15-21(25)19(18)13-10-8-11-14-20(24)22(26)27-2/h9,12,17-20,24H,3-8,10-11,13-16,23H2,1-2H3/t17-,18-,19+,20?/m0/s1. The van der Waals surface area contributed by atoms with Gasteiger partial charge in [0.05, 0.1) is 7.11 Å². The molecule has 0 spiro atoms. The predicted molar refractivity (Wildman–Crippen MR) is 108 cm³/mol. The van der Waals surface area contributed by atoms with E-state index in [4.69, 9.17) is 5.73 Å². The van der Waals surface area contributed by atoms with E-state index in [-0.39, 0.29) is 17.8 Å². The van der Waals surface area contributed by atoms with Gasteiger partial charge in [0.25, 0.3) is 0 Å². The first-order valence-corrected chi connectivity index (χ1v) is 10.7. The number of unbranched alkanes of at least 4 members (excludes halogenated alkanes) is 6. The van der Waals surface area contributed by atoms with E-state index in [1.807, 2.05) is 0 Å². The van der Waals surface area contributed by atoms with Crippen LogP contribution in [-0.4, -0.2) is 36.6 Å². The minimum atomic E-state index is -1.03. The van der Waals surface area contributed by atoms with Crippen LogP contribution in [0.4, 0.5) is 0 Å². The van der Waals surface area contributed by atoms with Crippen LogP contribution < -0.4 is 5.73 Å². The zero-order chi connectivity index (χ0) is 20.1. The van der Waals surface area contributed by atoms with Gasteiger partial charge in [-0.15, -0.1) is 0 Å². The van der Waals surface area contributed by atoms with Crippen molar-refractivity contribution in [3.63, 3.8) is 0 Å². The number of ether oxygens (including phenoxy) is 1. The molecule has 27 heavy (non-hydrogen) atoms. The molecule has 0 bridgehead atoms. The normalized spacial score (nSPS) is 23.9. The summed E-state index contributed by atoms with van der Waals surface area (Å²) >= 11 is 0. The molecule has 156 valence electrons. The largest absolute Gasteiger partial charge is 0.467 e. The first-order chi connectivity index (χ1) is 13.0. The van der Waals surface area contributed by atoms with E-state index in [0.29, 0.717) is 25.2 Å². The summed E-state index contributed by atoms with van der Waals surface area (Å²) < 4.78 is 4.52. The van der Waals surface area contributed by atoms with E-state index < -0.39 is 12.1 Å². The Kier molecular flexibility index (Phi) is 12.3. The van der Waals surface area contributed by atoms with Crippen molar-refractivity contribution in [2.45, 2.75) is 83.7 Å². The first kappa shape index (κ1) is 23.8. The number of nitrogens with two attached hydrogens (primary N) is 1. The predicted octanol–water partition coefficient (Wildman–Crippen LogP) is 3.78.